The number of carbonyl (C=O) groups excluding carboxylic acids is 1. The predicted molar refractivity (Wildman–Crippen MR) is 94.9 cm³/mol. The maximum absolute atomic E-state index is 12.3. The molecule has 2 heterocycles. The smallest absolute Gasteiger partial charge is 0.223 e. The predicted octanol–water partition coefficient (Wildman–Crippen LogP) is 1.92. The molecule has 3 atom stereocenters. The van der Waals surface area contributed by atoms with Gasteiger partial charge in [-0.25, -0.2) is 0 Å². The van der Waals surface area contributed by atoms with E-state index >= 15 is 0 Å². The standard InChI is InChI=1S/C17H22N4O3.ClH/c1-23-16-6-5-11(8-13(16)18)17(22)20-10-12-9-15(21-24-12)14-4-2-3-7-19-14;/h2-4,7,9,11,13,16H,5-6,8,10,18H2,1H3,(H,20,22);1H/t11-,13+,16+;/m0./s1. The Kier molecular flexibility index (Phi) is 6.92. The summed E-state index contributed by atoms with van der Waals surface area (Å²) in [6.45, 7) is 0.304. The average Bonchev–Trinajstić information content (AvgIpc) is 3.09. The first-order valence-corrected chi connectivity index (χ1v) is 8.10. The van der Waals surface area contributed by atoms with Gasteiger partial charge in [0.2, 0.25) is 5.91 Å². The molecule has 1 aliphatic carbocycles. The Morgan fingerprint density at radius 3 is 2.92 bits per heavy atom. The van der Waals surface area contributed by atoms with E-state index in [1.165, 1.54) is 0 Å². The van der Waals surface area contributed by atoms with Crippen LogP contribution in [-0.4, -0.2) is 35.3 Å². The molecule has 0 aromatic carbocycles. The number of aromatic nitrogens is 2. The fourth-order valence-corrected chi connectivity index (χ4v) is 3.06. The zero-order chi connectivity index (χ0) is 16.9. The van der Waals surface area contributed by atoms with Gasteiger partial charge in [-0.05, 0) is 31.4 Å². The molecule has 3 N–H and O–H groups in total. The van der Waals surface area contributed by atoms with E-state index in [9.17, 15) is 4.79 Å². The highest BCUT2D eigenvalue weighted by Gasteiger charge is 2.31. The van der Waals surface area contributed by atoms with Crippen molar-refractivity contribution in [1.82, 2.24) is 15.5 Å². The summed E-state index contributed by atoms with van der Waals surface area (Å²) in [5.41, 5.74) is 7.45. The van der Waals surface area contributed by atoms with Gasteiger partial charge in [-0.15, -0.1) is 12.4 Å². The third kappa shape index (κ3) is 4.78. The van der Waals surface area contributed by atoms with Crippen LogP contribution in [0, 0.1) is 5.92 Å². The maximum atomic E-state index is 12.3. The van der Waals surface area contributed by atoms with Crippen molar-refractivity contribution >= 4 is 18.3 Å². The number of nitrogens with zero attached hydrogens (tertiary/aromatic N) is 2. The van der Waals surface area contributed by atoms with Crippen LogP contribution in [0.5, 0.6) is 0 Å². The number of halogens is 1. The lowest BCUT2D eigenvalue weighted by Gasteiger charge is -2.32. The van der Waals surface area contributed by atoms with Crippen LogP contribution < -0.4 is 11.1 Å². The molecular formula is C17H23ClN4O3. The second-order valence-electron chi connectivity index (χ2n) is 6.06. The summed E-state index contributed by atoms with van der Waals surface area (Å²) in [6.07, 6.45) is 3.98. The molecule has 0 radical (unpaired) electrons. The van der Waals surface area contributed by atoms with Crippen LogP contribution in [0.25, 0.3) is 11.4 Å². The Hall–Kier alpha value is -1.96. The van der Waals surface area contributed by atoms with Crippen LogP contribution in [0.15, 0.2) is 35.0 Å². The van der Waals surface area contributed by atoms with Gasteiger partial charge in [0.1, 0.15) is 5.69 Å². The highest BCUT2D eigenvalue weighted by atomic mass is 35.5. The van der Waals surface area contributed by atoms with Crippen molar-refractivity contribution in [2.24, 2.45) is 11.7 Å². The second kappa shape index (κ2) is 8.94. The zero-order valence-corrected chi connectivity index (χ0v) is 14.9. The first-order chi connectivity index (χ1) is 11.7. The van der Waals surface area contributed by atoms with Gasteiger partial charge in [0.25, 0.3) is 0 Å². The zero-order valence-electron chi connectivity index (χ0n) is 14.1. The minimum absolute atomic E-state index is 0. The summed E-state index contributed by atoms with van der Waals surface area (Å²) in [5.74, 6) is 0.513. The third-order valence-electron chi connectivity index (χ3n) is 4.43. The number of ether oxygens (including phenoxy) is 1. The number of carbonyl (C=O) groups is 1. The van der Waals surface area contributed by atoms with Crippen LogP contribution in [0.1, 0.15) is 25.0 Å². The Bertz CT molecular complexity index is 680. The molecule has 0 unspecified atom stereocenters. The molecule has 2 aromatic rings. The van der Waals surface area contributed by atoms with Gasteiger partial charge in [-0.3, -0.25) is 9.78 Å². The number of amides is 1. The van der Waals surface area contributed by atoms with Gasteiger partial charge in [-0.1, -0.05) is 11.2 Å². The monoisotopic (exact) mass is 366 g/mol. The van der Waals surface area contributed by atoms with Gasteiger partial charge >= 0.3 is 0 Å². The lowest BCUT2D eigenvalue weighted by molar-refractivity contribution is -0.127. The summed E-state index contributed by atoms with van der Waals surface area (Å²) >= 11 is 0. The van der Waals surface area contributed by atoms with Gasteiger partial charge in [0, 0.05) is 31.3 Å². The molecule has 3 rings (SSSR count). The van der Waals surface area contributed by atoms with E-state index < -0.39 is 0 Å². The molecule has 8 heteroatoms. The van der Waals surface area contributed by atoms with Gasteiger partial charge < -0.3 is 20.3 Å². The number of hydrogen-bond donors (Lipinski definition) is 2. The number of methoxy groups -OCH3 is 1. The van der Waals surface area contributed by atoms with Crippen molar-refractivity contribution in [3.8, 4) is 11.4 Å². The average molecular weight is 367 g/mol. The van der Waals surface area contributed by atoms with Crippen molar-refractivity contribution in [2.45, 2.75) is 38.0 Å². The highest BCUT2D eigenvalue weighted by molar-refractivity contribution is 5.85. The third-order valence-corrected chi connectivity index (χ3v) is 4.43. The topological polar surface area (TPSA) is 103 Å². The van der Waals surface area contributed by atoms with Gasteiger partial charge in [-0.2, -0.15) is 0 Å². The molecule has 7 nitrogen and oxygen atoms in total. The van der Waals surface area contributed by atoms with Crippen LogP contribution in [0.4, 0.5) is 0 Å². The quantitative estimate of drug-likeness (QED) is 0.837. The SMILES string of the molecule is CO[C@@H]1CC[C@H](C(=O)NCc2cc(-c3ccccn3)no2)C[C@H]1N.Cl. The van der Waals surface area contributed by atoms with Gasteiger partial charge in [0.05, 0.1) is 18.3 Å². The molecule has 0 saturated heterocycles. The summed E-state index contributed by atoms with van der Waals surface area (Å²) in [6, 6.07) is 7.28. The summed E-state index contributed by atoms with van der Waals surface area (Å²) < 4.78 is 10.6. The van der Waals surface area contributed by atoms with Crippen LogP contribution in [0.3, 0.4) is 0 Å². The first kappa shape index (κ1) is 19.4. The summed E-state index contributed by atoms with van der Waals surface area (Å²) in [7, 11) is 1.66. The molecule has 1 fully saturated rings. The first-order valence-electron chi connectivity index (χ1n) is 8.10. The number of nitrogens with one attached hydrogen (secondary N) is 1. The molecule has 2 aromatic heterocycles. The Morgan fingerprint density at radius 2 is 2.24 bits per heavy atom. The maximum Gasteiger partial charge on any atom is 0.223 e. The van der Waals surface area contributed by atoms with E-state index in [0.717, 1.165) is 18.5 Å². The minimum atomic E-state index is -0.0967. The van der Waals surface area contributed by atoms with E-state index in [4.69, 9.17) is 15.0 Å². The van der Waals surface area contributed by atoms with Crippen LogP contribution in [-0.2, 0) is 16.1 Å². The number of pyridine rings is 1. The lowest BCUT2D eigenvalue weighted by atomic mass is 9.83. The highest BCUT2D eigenvalue weighted by Crippen LogP contribution is 2.25. The number of rotatable bonds is 5. The number of nitrogens with two attached hydrogens (primary N) is 1. The van der Waals surface area contributed by atoms with Crippen molar-refractivity contribution in [3.05, 3.63) is 36.2 Å². The van der Waals surface area contributed by atoms with Gasteiger partial charge in [0.15, 0.2) is 5.76 Å². The number of hydrogen-bond acceptors (Lipinski definition) is 6. The van der Waals surface area contributed by atoms with E-state index in [-0.39, 0.29) is 36.4 Å². The molecule has 1 saturated carbocycles. The lowest BCUT2D eigenvalue weighted by Crippen LogP contribution is -2.45. The van der Waals surface area contributed by atoms with Crippen molar-refractivity contribution < 1.29 is 14.1 Å². The van der Waals surface area contributed by atoms with E-state index in [1.807, 2.05) is 18.2 Å². The molecule has 0 bridgehead atoms. The van der Waals surface area contributed by atoms with Crippen molar-refractivity contribution in [2.75, 3.05) is 7.11 Å². The molecule has 0 aliphatic heterocycles. The van der Waals surface area contributed by atoms with E-state index in [2.05, 4.69) is 15.5 Å². The second-order valence-corrected chi connectivity index (χ2v) is 6.06. The Balaban J connectivity index is 0.00000225. The summed E-state index contributed by atoms with van der Waals surface area (Å²) in [4.78, 5) is 16.5. The Labute approximate surface area is 152 Å². The molecule has 136 valence electrons. The fraction of sp³-hybridized carbons (Fsp3) is 0.471. The van der Waals surface area contributed by atoms with Crippen molar-refractivity contribution in [1.29, 1.82) is 0 Å². The van der Waals surface area contributed by atoms with E-state index in [1.54, 1.807) is 19.4 Å². The van der Waals surface area contributed by atoms with Crippen LogP contribution >= 0.6 is 12.4 Å². The molecule has 1 aliphatic rings. The van der Waals surface area contributed by atoms with E-state index in [0.29, 0.717) is 24.4 Å². The normalized spacial score (nSPS) is 22.9. The fourth-order valence-electron chi connectivity index (χ4n) is 3.06. The largest absolute Gasteiger partial charge is 0.380 e. The molecule has 25 heavy (non-hydrogen) atoms. The van der Waals surface area contributed by atoms with Crippen LogP contribution in [0.2, 0.25) is 0 Å². The molecule has 0 spiro atoms. The minimum Gasteiger partial charge on any atom is -0.380 e. The molecular weight excluding hydrogens is 344 g/mol. The Morgan fingerprint density at radius 1 is 1.40 bits per heavy atom. The van der Waals surface area contributed by atoms with Crippen molar-refractivity contribution in [3.63, 3.8) is 0 Å². The summed E-state index contributed by atoms with van der Waals surface area (Å²) in [5, 5.41) is 6.88. The molecule has 1 amide bonds.